The van der Waals surface area contributed by atoms with Gasteiger partial charge in [0.05, 0.1) is 51.0 Å². The lowest BCUT2D eigenvalue weighted by atomic mass is 9.91. The Labute approximate surface area is 363 Å². The van der Waals surface area contributed by atoms with Gasteiger partial charge in [0.2, 0.25) is 0 Å². The summed E-state index contributed by atoms with van der Waals surface area (Å²) in [5.41, 5.74) is 1.10. The highest BCUT2D eigenvalue weighted by Crippen LogP contribution is 2.49. The maximum Gasteiger partial charge on any atom is 0.0945 e. The Bertz CT molecular complexity index is 1500. The molecule has 1 aromatic carbocycles. The first-order valence-electron chi connectivity index (χ1n) is 21.7. The highest BCUT2D eigenvalue weighted by Gasteiger charge is 2.42. The van der Waals surface area contributed by atoms with Gasteiger partial charge in [0.15, 0.2) is 0 Å². The molecular weight excluding hydrogens is 877 g/mol. The van der Waals surface area contributed by atoms with Crippen molar-refractivity contribution >= 4 is 64.6 Å². The first-order valence-corrected chi connectivity index (χ1v) is 29.2. The average molecular weight is 950 g/mol. The summed E-state index contributed by atoms with van der Waals surface area (Å²) in [6.07, 6.45) is 22.4. The lowest BCUT2D eigenvalue weighted by Gasteiger charge is -2.54. The molecule has 2 atom stereocenters. The lowest BCUT2D eigenvalue weighted by Crippen LogP contribution is -2.55. The molecule has 0 fully saturated rings. The van der Waals surface area contributed by atoms with Crippen LogP contribution in [-0.2, 0) is 40.5 Å². The van der Waals surface area contributed by atoms with Crippen LogP contribution < -0.4 is 4.90 Å². The van der Waals surface area contributed by atoms with Crippen molar-refractivity contribution in [3.63, 3.8) is 0 Å². The number of nitrogens with zero attached hydrogens (tertiary/aromatic N) is 1. The lowest BCUT2D eigenvalue weighted by molar-refractivity contribution is 0.335. The van der Waals surface area contributed by atoms with Crippen LogP contribution in [0.5, 0.6) is 0 Å². The zero-order chi connectivity index (χ0) is 44.3. The largest absolute Gasteiger partial charge is 0.748 e. The fraction of sp³-hybridized carbons (Fsp3) is 0.850. The molecule has 13 nitrogen and oxygen atoms in total. The van der Waals surface area contributed by atoms with Crippen molar-refractivity contribution in [3.05, 3.63) is 30.3 Å². The van der Waals surface area contributed by atoms with Crippen molar-refractivity contribution in [1.82, 2.24) is 0 Å². The summed E-state index contributed by atoms with van der Waals surface area (Å²) in [4.78, 5) is 2.60. The average Bonchev–Trinajstić information content (AvgIpc) is 3.11. The molecule has 0 saturated carbocycles. The fourth-order valence-electron chi connectivity index (χ4n) is 7.90. The number of para-hydroxylation sites is 1. The van der Waals surface area contributed by atoms with Crippen molar-refractivity contribution in [1.29, 1.82) is 0 Å². The monoisotopic (exact) mass is 949 g/mol. The molecule has 348 valence electrons. The molecule has 0 aliphatic rings. The Hall–Kier alpha value is -0.480. The molecule has 0 aromatic heterocycles. The maximum absolute atomic E-state index is 11.0. The molecule has 1 aromatic rings. The van der Waals surface area contributed by atoms with Crippen LogP contribution in [0.1, 0.15) is 180 Å². The van der Waals surface area contributed by atoms with Gasteiger partial charge in [0.1, 0.15) is 0 Å². The van der Waals surface area contributed by atoms with E-state index >= 15 is 0 Å². The second-order valence-electron chi connectivity index (χ2n) is 16.4. The van der Waals surface area contributed by atoms with Gasteiger partial charge >= 0.3 is 0 Å². The molecule has 0 heterocycles. The number of unbranched alkanes of at least 4 members (excludes halogenated alkanes) is 20. The number of rotatable bonds is 39. The predicted molar refractivity (Wildman–Crippen MR) is 241 cm³/mol. The second kappa shape index (κ2) is 29.8. The van der Waals surface area contributed by atoms with Gasteiger partial charge in [0, 0.05) is 28.7 Å². The summed E-state index contributed by atoms with van der Waals surface area (Å²) < 4.78 is 132. The summed E-state index contributed by atoms with van der Waals surface area (Å²) >= 11 is 0. The minimum absolute atomic E-state index is 0.334. The standard InChI is InChI=1S/C40H77NO12P2S4/c42-56(43,44)34-24-13-5-1-9-20-30-39(54,31-21-10-2-6-14-25-35-57(45,46)47)41(38-28-18-17-19-29-38)40(55,32-22-11-3-7-15-26-36-58(48,49)50)33-23-12-4-8-16-27-37-59(51,52)53/h17-19,28-29H,1-16,20-27,30-37,54-55H2,(H,42,43,44)(H,45,46,47)(H,48,49,50)(H,51,52,53)/p-4. The van der Waals surface area contributed by atoms with Crippen molar-refractivity contribution in [2.24, 2.45) is 0 Å². The Kier molecular flexibility index (Phi) is 28.6. The number of hydrogen-bond acceptors (Lipinski definition) is 13. The van der Waals surface area contributed by atoms with E-state index in [1.807, 2.05) is 18.2 Å². The quantitative estimate of drug-likeness (QED) is 0.0342. The molecule has 59 heavy (non-hydrogen) atoms. The molecular formula is C40H73NO12P2S4-4. The van der Waals surface area contributed by atoms with E-state index in [0.29, 0.717) is 51.4 Å². The molecule has 19 heteroatoms. The van der Waals surface area contributed by atoms with Gasteiger partial charge in [-0.3, -0.25) is 0 Å². The Morgan fingerprint density at radius 1 is 0.356 bits per heavy atom. The molecule has 1 rings (SSSR count). The van der Waals surface area contributed by atoms with Crippen LogP contribution in [-0.4, -0.2) is 85.5 Å². The smallest absolute Gasteiger partial charge is 0.0945 e. The van der Waals surface area contributed by atoms with Gasteiger partial charge < -0.3 is 23.1 Å². The molecule has 2 unspecified atom stereocenters. The Morgan fingerprint density at radius 2 is 0.559 bits per heavy atom. The third kappa shape index (κ3) is 31.1. The number of benzene rings is 1. The van der Waals surface area contributed by atoms with Gasteiger partial charge in [-0.2, -0.15) is 0 Å². The molecule has 0 N–H and O–H groups in total. The molecule has 0 bridgehead atoms. The molecule has 0 saturated heterocycles. The van der Waals surface area contributed by atoms with Crippen molar-refractivity contribution in [2.75, 3.05) is 27.9 Å². The zero-order valence-corrected chi connectivity index (χ0v) is 40.7. The van der Waals surface area contributed by atoms with E-state index < -0.39 is 40.5 Å². The summed E-state index contributed by atoms with van der Waals surface area (Å²) in [6, 6.07) is 10.4. The first kappa shape index (κ1) is 56.5. The zero-order valence-electron chi connectivity index (χ0n) is 35.1. The summed E-state index contributed by atoms with van der Waals surface area (Å²) in [5, 5.41) is -0.686. The highest BCUT2D eigenvalue weighted by molar-refractivity contribution is 7.86. The summed E-state index contributed by atoms with van der Waals surface area (Å²) in [5.74, 6) is -1.34. The predicted octanol–water partition coefficient (Wildman–Crippen LogP) is 8.74. The highest BCUT2D eigenvalue weighted by atomic mass is 32.2. The molecule has 0 radical (unpaired) electrons. The molecule has 0 aliphatic carbocycles. The first-order chi connectivity index (χ1) is 27.6. The minimum atomic E-state index is -4.21. The Balaban J connectivity index is 3.25. The SMILES string of the molecule is O=S(=O)([O-])CCCCCCCCC(P)(CCCCCCCCS(=O)(=O)[O-])N(c1ccccc1)C(P)(CCCCCCCCS(=O)(=O)[O-])CCCCCCCCS(=O)(=O)[O-]. The minimum Gasteiger partial charge on any atom is -0.748 e. The molecule has 0 amide bonds. The van der Waals surface area contributed by atoms with Crippen molar-refractivity contribution in [3.8, 4) is 0 Å². The maximum atomic E-state index is 11.0. The molecule has 0 aliphatic heterocycles. The van der Waals surface area contributed by atoms with E-state index in [-0.39, 0.29) is 33.6 Å². The van der Waals surface area contributed by atoms with E-state index in [0.717, 1.165) is 134 Å². The van der Waals surface area contributed by atoms with Crippen LogP contribution in [0.3, 0.4) is 0 Å². The summed E-state index contributed by atoms with van der Waals surface area (Å²) in [6.45, 7) is 0. The van der Waals surface area contributed by atoms with Crippen LogP contribution in [0.15, 0.2) is 30.3 Å². The van der Waals surface area contributed by atoms with Gasteiger partial charge in [-0.1, -0.05) is 147 Å². The van der Waals surface area contributed by atoms with E-state index in [9.17, 15) is 51.9 Å². The van der Waals surface area contributed by atoms with Crippen LogP contribution in [0.2, 0.25) is 0 Å². The number of anilines is 1. The van der Waals surface area contributed by atoms with Crippen molar-refractivity contribution < 1.29 is 51.9 Å². The van der Waals surface area contributed by atoms with E-state index in [1.165, 1.54) is 0 Å². The van der Waals surface area contributed by atoms with E-state index in [4.69, 9.17) is 0 Å². The van der Waals surface area contributed by atoms with Gasteiger partial charge in [0.25, 0.3) is 0 Å². The normalized spacial score (nSPS) is 13.3. The van der Waals surface area contributed by atoms with Crippen molar-refractivity contribution in [2.45, 2.75) is 190 Å². The second-order valence-corrected chi connectivity index (χ2v) is 24.7. The van der Waals surface area contributed by atoms with Crippen LogP contribution in [0.4, 0.5) is 5.69 Å². The van der Waals surface area contributed by atoms with Crippen LogP contribution in [0.25, 0.3) is 0 Å². The fourth-order valence-corrected chi connectivity index (χ4v) is 11.9. The topological polar surface area (TPSA) is 232 Å². The van der Waals surface area contributed by atoms with Gasteiger partial charge in [-0.25, -0.2) is 33.7 Å². The van der Waals surface area contributed by atoms with E-state index in [1.54, 1.807) is 0 Å². The number of hydrogen-bond donors (Lipinski definition) is 0. The van der Waals surface area contributed by atoms with E-state index in [2.05, 4.69) is 35.5 Å². The molecule has 0 spiro atoms. The summed E-state index contributed by atoms with van der Waals surface area (Å²) in [7, 11) is -10.4. The Morgan fingerprint density at radius 3 is 0.780 bits per heavy atom. The van der Waals surface area contributed by atoms with Crippen LogP contribution >= 0.6 is 18.5 Å². The third-order valence-corrected chi connectivity index (χ3v) is 15.7. The third-order valence-electron chi connectivity index (χ3n) is 10.9. The van der Waals surface area contributed by atoms with Crippen LogP contribution in [0, 0.1) is 0 Å². The van der Waals surface area contributed by atoms with Gasteiger partial charge in [-0.15, -0.1) is 18.5 Å². The van der Waals surface area contributed by atoms with Gasteiger partial charge in [-0.05, 0) is 63.5 Å².